The maximum Gasteiger partial charge on any atom is 0.255 e. The number of hydrogen-bond acceptors (Lipinski definition) is 2. The zero-order valence-electron chi connectivity index (χ0n) is 12.8. The van der Waals surface area contributed by atoms with Crippen LogP contribution in [-0.2, 0) is 4.79 Å². The lowest BCUT2D eigenvalue weighted by atomic mass is 10.1. The average molecular weight is 343 g/mol. The predicted octanol–water partition coefficient (Wildman–Crippen LogP) is 3.32. The molecule has 1 fully saturated rings. The van der Waals surface area contributed by atoms with Crippen molar-refractivity contribution in [1.82, 2.24) is 9.80 Å². The SMILES string of the molecule is CCC(C)C(=O)N1CCN(C(=O)c2cccc(Cl)c2Cl)CC1. The summed E-state index contributed by atoms with van der Waals surface area (Å²) >= 11 is 12.1. The fourth-order valence-electron chi connectivity index (χ4n) is 2.46. The van der Waals surface area contributed by atoms with Gasteiger partial charge in [0.15, 0.2) is 0 Å². The third-order valence-electron chi connectivity index (χ3n) is 4.09. The molecule has 1 aromatic carbocycles. The zero-order valence-corrected chi connectivity index (χ0v) is 14.3. The highest BCUT2D eigenvalue weighted by Gasteiger charge is 2.27. The Morgan fingerprint density at radius 3 is 2.32 bits per heavy atom. The minimum atomic E-state index is -0.136. The van der Waals surface area contributed by atoms with Gasteiger partial charge in [-0.05, 0) is 18.6 Å². The Bertz CT molecular complexity index is 569. The second-order valence-electron chi connectivity index (χ2n) is 5.53. The molecule has 22 heavy (non-hydrogen) atoms. The number of piperazine rings is 1. The summed E-state index contributed by atoms with van der Waals surface area (Å²) in [7, 11) is 0. The largest absolute Gasteiger partial charge is 0.339 e. The average Bonchev–Trinajstić information content (AvgIpc) is 2.55. The van der Waals surface area contributed by atoms with E-state index in [1.807, 2.05) is 18.7 Å². The Labute approximate surface area is 141 Å². The fourth-order valence-corrected chi connectivity index (χ4v) is 2.84. The Hall–Kier alpha value is -1.26. The Morgan fingerprint density at radius 2 is 1.73 bits per heavy atom. The standard InChI is InChI=1S/C16H20Cl2N2O2/c1-3-11(2)15(21)19-7-9-20(10-8-19)16(22)12-5-4-6-13(17)14(12)18/h4-6,11H,3,7-10H2,1-2H3. The smallest absolute Gasteiger partial charge is 0.255 e. The number of carbonyl (C=O) groups is 2. The molecule has 120 valence electrons. The number of halogens is 2. The van der Waals surface area contributed by atoms with Crippen LogP contribution in [0.3, 0.4) is 0 Å². The predicted molar refractivity (Wildman–Crippen MR) is 88.4 cm³/mol. The summed E-state index contributed by atoms with van der Waals surface area (Å²) in [6, 6.07) is 5.04. The van der Waals surface area contributed by atoms with Gasteiger partial charge in [0.25, 0.3) is 5.91 Å². The molecule has 1 heterocycles. The van der Waals surface area contributed by atoms with E-state index in [9.17, 15) is 9.59 Å². The van der Waals surface area contributed by atoms with E-state index >= 15 is 0 Å². The van der Waals surface area contributed by atoms with Gasteiger partial charge in [0.1, 0.15) is 0 Å². The summed E-state index contributed by atoms with van der Waals surface area (Å²) in [5.74, 6) is 0.0585. The molecule has 4 nitrogen and oxygen atoms in total. The van der Waals surface area contributed by atoms with Crippen molar-refractivity contribution < 1.29 is 9.59 Å². The second kappa shape index (κ2) is 7.34. The van der Waals surface area contributed by atoms with E-state index in [1.165, 1.54) is 0 Å². The highest BCUT2D eigenvalue weighted by molar-refractivity contribution is 6.43. The van der Waals surface area contributed by atoms with Gasteiger partial charge in [-0.25, -0.2) is 0 Å². The van der Waals surface area contributed by atoms with E-state index in [0.29, 0.717) is 36.8 Å². The van der Waals surface area contributed by atoms with Crippen molar-refractivity contribution in [2.24, 2.45) is 5.92 Å². The molecule has 1 aliphatic heterocycles. The third-order valence-corrected chi connectivity index (χ3v) is 4.91. The molecule has 1 aliphatic rings. The zero-order chi connectivity index (χ0) is 16.3. The molecule has 6 heteroatoms. The van der Waals surface area contributed by atoms with Crippen LogP contribution in [-0.4, -0.2) is 47.8 Å². The monoisotopic (exact) mass is 342 g/mol. The minimum absolute atomic E-state index is 0.0321. The van der Waals surface area contributed by atoms with Crippen molar-refractivity contribution in [3.8, 4) is 0 Å². The fraction of sp³-hybridized carbons (Fsp3) is 0.500. The van der Waals surface area contributed by atoms with Crippen molar-refractivity contribution in [3.63, 3.8) is 0 Å². The summed E-state index contributed by atoms with van der Waals surface area (Å²) in [4.78, 5) is 28.2. The summed E-state index contributed by atoms with van der Waals surface area (Å²) < 4.78 is 0. The minimum Gasteiger partial charge on any atom is -0.339 e. The lowest BCUT2D eigenvalue weighted by Crippen LogP contribution is -2.51. The number of hydrogen-bond donors (Lipinski definition) is 0. The number of amides is 2. The summed E-state index contributed by atoms with van der Waals surface area (Å²) in [5.41, 5.74) is 0.413. The molecular weight excluding hydrogens is 323 g/mol. The molecular formula is C16H20Cl2N2O2. The van der Waals surface area contributed by atoms with Gasteiger partial charge in [-0.15, -0.1) is 0 Å². The number of nitrogens with zero attached hydrogens (tertiary/aromatic N) is 2. The first-order valence-electron chi connectivity index (χ1n) is 7.47. The maximum atomic E-state index is 12.5. The number of rotatable bonds is 3. The highest BCUT2D eigenvalue weighted by Crippen LogP contribution is 2.26. The Balaban J connectivity index is 2.01. The first-order valence-corrected chi connectivity index (χ1v) is 8.23. The van der Waals surface area contributed by atoms with E-state index < -0.39 is 0 Å². The molecule has 2 amide bonds. The molecule has 0 aliphatic carbocycles. The van der Waals surface area contributed by atoms with Crippen LogP contribution in [0.4, 0.5) is 0 Å². The summed E-state index contributed by atoms with van der Waals surface area (Å²) in [6.45, 7) is 6.10. The van der Waals surface area contributed by atoms with Gasteiger partial charge >= 0.3 is 0 Å². The van der Waals surface area contributed by atoms with Crippen LogP contribution in [0.5, 0.6) is 0 Å². The second-order valence-corrected chi connectivity index (χ2v) is 6.31. The molecule has 0 N–H and O–H groups in total. The summed E-state index contributed by atoms with van der Waals surface area (Å²) in [6.07, 6.45) is 0.829. The van der Waals surface area contributed by atoms with Crippen LogP contribution in [0.1, 0.15) is 30.6 Å². The van der Waals surface area contributed by atoms with Gasteiger partial charge in [-0.3, -0.25) is 9.59 Å². The van der Waals surface area contributed by atoms with Gasteiger partial charge in [0.2, 0.25) is 5.91 Å². The molecule has 0 bridgehead atoms. The summed E-state index contributed by atoms with van der Waals surface area (Å²) in [5, 5.41) is 0.658. The van der Waals surface area contributed by atoms with Gasteiger partial charge in [0.05, 0.1) is 15.6 Å². The van der Waals surface area contributed by atoms with Gasteiger partial charge < -0.3 is 9.80 Å². The van der Waals surface area contributed by atoms with Crippen LogP contribution in [0.25, 0.3) is 0 Å². The van der Waals surface area contributed by atoms with Crippen LogP contribution in [0, 0.1) is 5.92 Å². The van der Waals surface area contributed by atoms with Crippen molar-refractivity contribution >= 4 is 35.0 Å². The number of carbonyl (C=O) groups excluding carboxylic acids is 2. The van der Waals surface area contributed by atoms with Crippen molar-refractivity contribution in [2.75, 3.05) is 26.2 Å². The maximum absolute atomic E-state index is 12.5. The van der Waals surface area contributed by atoms with E-state index in [4.69, 9.17) is 23.2 Å². The van der Waals surface area contributed by atoms with Gasteiger partial charge in [-0.2, -0.15) is 0 Å². The van der Waals surface area contributed by atoms with Crippen LogP contribution >= 0.6 is 23.2 Å². The topological polar surface area (TPSA) is 40.6 Å². The van der Waals surface area contributed by atoms with Crippen molar-refractivity contribution in [3.05, 3.63) is 33.8 Å². The van der Waals surface area contributed by atoms with Crippen molar-refractivity contribution in [2.45, 2.75) is 20.3 Å². The molecule has 0 spiro atoms. The molecule has 0 saturated carbocycles. The lowest BCUT2D eigenvalue weighted by Gasteiger charge is -2.36. The normalized spacial score (nSPS) is 16.5. The molecule has 1 unspecified atom stereocenters. The molecule has 0 radical (unpaired) electrons. The van der Waals surface area contributed by atoms with Gasteiger partial charge in [0, 0.05) is 32.1 Å². The first-order chi connectivity index (χ1) is 10.5. The highest BCUT2D eigenvalue weighted by atomic mass is 35.5. The third kappa shape index (κ3) is 3.55. The quantitative estimate of drug-likeness (QED) is 0.845. The molecule has 0 aromatic heterocycles. The molecule has 1 aromatic rings. The van der Waals surface area contributed by atoms with Crippen LogP contribution in [0.2, 0.25) is 10.0 Å². The van der Waals surface area contributed by atoms with E-state index in [1.54, 1.807) is 23.1 Å². The molecule has 2 rings (SSSR count). The molecule has 1 atom stereocenters. The van der Waals surface area contributed by atoms with E-state index in [2.05, 4.69) is 0 Å². The first kappa shape index (κ1) is 17.1. The van der Waals surface area contributed by atoms with E-state index in [-0.39, 0.29) is 22.8 Å². The van der Waals surface area contributed by atoms with Crippen LogP contribution in [0.15, 0.2) is 18.2 Å². The Morgan fingerprint density at radius 1 is 1.14 bits per heavy atom. The van der Waals surface area contributed by atoms with Gasteiger partial charge in [-0.1, -0.05) is 43.1 Å². The lowest BCUT2D eigenvalue weighted by molar-refractivity contribution is -0.136. The Kier molecular flexibility index (Phi) is 5.70. The van der Waals surface area contributed by atoms with Crippen LogP contribution < -0.4 is 0 Å². The van der Waals surface area contributed by atoms with E-state index in [0.717, 1.165) is 6.42 Å². The number of benzene rings is 1. The van der Waals surface area contributed by atoms with Crippen molar-refractivity contribution in [1.29, 1.82) is 0 Å². The molecule has 1 saturated heterocycles.